The van der Waals surface area contributed by atoms with Crippen LogP contribution in [0, 0.1) is 17.0 Å². The first-order valence-corrected chi connectivity index (χ1v) is 4.29. The standard InChI is InChI=1S/C10H10N2O2/c1-7-5-8-3-4-11(2)10(8)9(6-7)12(13)14/h3-6H,1-2H3. The van der Waals surface area contributed by atoms with Gasteiger partial charge in [-0.05, 0) is 24.6 Å². The molecule has 1 aromatic heterocycles. The van der Waals surface area contributed by atoms with Crippen LogP contribution in [0.15, 0.2) is 24.4 Å². The Morgan fingerprint density at radius 2 is 2.14 bits per heavy atom. The molecule has 4 heteroatoms. The lowest BCUT2D eigenvalue weighted by molar-refractivity contribution is -0.383. The van der Waals surface area contributed by atoms with Crippen molar-refractivity contribution >= 4 is 16.6 Å². The molecule has 2 rings (SSSR count). The van der Waals surface area contributed by atoms with Crippen molar-refractivity contribution in [2.45, 2.75) is 6.92 Å². The van der Waals surface area contributed by atoms with E-state index in [0.29, 0.717) is 5.52 Å². The molecule has 0 saturated heterocycles. The summed E-state index contributed by atoms with van der Waals surface area (Å²) in [6.07, 6.45) is 1.83. The number of hydrogen-bond acceptors (Lipinski definition) is 2. The Balaban J connectivity index is 2.90. The Morgan fingerprint density at radius 1 is 1.43 bits per heavy atom. The smallest absolute Gasteiger partial charge is 0.293 e. The molecular formula is C10H10N2O2. The summed E-state index contributed by atoms with van der Waals surface area (Å²) in [4.78, 5) is 10.5. The molecule has 0 aliphatic carbocycles. The predicted octanol–water partition coefficient (Wildman–Crippen LogP) is 2.39. The molecule has 72 valence electrons. The molecule has 0 aliphatic heterocycles. The second kappa shape index (κ2) is 2.83. The van der Waals surface area contributed by atoms with E-state index in [1.807, 2.05) is 32.3 Å². The van der Waals surface area contributed by atoms with Gasteiger partial charge in [-0.1, -0.05) is 0 Å². The molecule has 1 heterocycles. The van der Waals surface area contributed by atoms with Crippen molar-refractivity contribution in [3.8, 4) is 0 Å². The summed E-state index contributed by atoms with van der Waals surface area (Å²) in [5.41, 5.74) is 1.77. The Kier molecular flexibility index (Phi) is 1.77. The fraction of sp³-hybridized carbons (Fsp3) is 0.200. The topological polar surface area (TPSA) is 48.1 Å². The average Bonchev–Trinajstić information content (AvgIpc) is 2.46. The van der Waals surface area contributed by atoms with Gasteiger partial charge in [0.05, 0.1) is 4.92 Å². The van der Waals surface area contributed by atoms with Gasteiger partial charge in [-0.25, -0.2) is 0 Å². The summed E-state index contributed by atoms with van der Waals surface area (Å²) in [5.74, 6) is 0. The van der Waals surface area contributed by atoms with E-state index in [-0.39, 0.29) is 10.6 Å². The molecule has 0 N–H and O–H groups in total. The van der Waals surface area contributed by atoms with E-state index in [1.54, 1.807) is 10.6 Å². The highest BCUT2D eigenvalue weighted by atomic mass is 16.6. The number of aromatic nitrogens is 1. The van der Waals surface area contributed by atoms with Crippen LogP contribution in [0.3, 0.4) is 0 Å². The van der Waals surface area contributed by atoms with Crippen LogP contribution in [0.25, 0.3) is 10.9 Å². The summed E-state index contributed by atoms with van der Waals surface area (Å²) in [7, 11) is 1.81. The van der Waals surface area contributed by atoms with Gasteiger partial charge >= 0.3 is 0 Å². The van der Waals surface area contributed by atoms with E-state index in [4.69, 9.17) is 0 Å². The van der Waals surface area contributed by atoms with Gasteiger partial charge in [0.2, 0.25) is 0 Å². The van der Waals surface area contributed by atoms with Gasteiger partial charge in [-0.2, -0.15) is 0 Å². The molecule has 0 unspecified atom stereocenters. The lowest BCUT2D eigenvalue weighted by atomic mass is 10.1. The molecule has 0 spiro atoms. The summed E-state index contributed by atoms with van der Waals surface area (Å²) in [6, 6.07) is 5.43. The number of nitro benzene ring substituents is 1. The van der Waals surface area contributed by atoms with E-state index in [2.05, 4.69) is 0 Å². The number of hydrogen-bond donors (Lipinski definition) is 0. The number of aryl methyl sites for hydroxylation is 2. The molecular weight excluding hydrogens is 180 g/mol. The summed E-state index contributed by atoms with van der Waals surface area (Å²) >= 11 is 0. The van der Waals surface area contributed by atoms with Gasteiger partial charge in [0.15, 0.2) is 0 Å². The molecule has 1 aromatic carbocycles. The van der Waals surface area contributed by atoms with Crippen LogP contribution in [-0.2, 0) is 7.05 Å². The summed E-state index contributed by atoms with van der Waals surface area (Å²) < 4.78 is 1.77. The van der Waals surface area contributed by atoms with E-state index in [9.17, 15) is 10.1 Å². The maximum absolute atomic E-state index is 10.8. The third kappa shape index (κ3) is 1.16. The Hall–Kier alpha value is -1.84. The Labute approximate surface area is 80.9 Å². The number of rotatable bonds is 1. The highest BCUT2D eigenvalue weighted by molar-refractivity contribution is 5.89. The molecule has 2 aromatic rings. The normalized spacial score (nSPS) is 10.7. The highest BCUT2D eigenvalue weighted by Gasteiger charge is 2.14. The first kappa shape index (κ1) is 8.74. The van der Waals surface area contributed by atoms with Crippen molar-refractivity contribution in [2.24, 2.45) is 7.05 Å². The number of non-ortho nitro benzene ring substituents is 1. The quantitative estimate of drug-likeness (QED) is 0.512. The SMILES string of the molecule is Cc1cc([N+](=O)[O-])c2c(ccn2C)c1. The van der Waals surface area contributed by atoms with Crippen molar-refractivity contribution in [1.29, 1.82) is 0 Å². The minimum atomic E-state index is -0.338. The molecule has 0 fully saturated rings. The van der Waals surface area contributed by atoms with Crippen LogP contribution in [0.5, 0.6) is 0 Å². The van der Waals surface area contributed by atoms with E-state index < -0.39 is 0 Å². The third-order valence-corrected chi connectivity index (χ3v) is 2.29. The minimum Gasteiger partial charge on any atom is -0.345 e. The second-order valence-electron chi connectivity index (χ2n) is 3.41. The molecule has 4 nitrogen and oxygen atoms in total. The van der Waals surface area contributed by atoms with Crippen molar-refractivity contribution in [3.63, 3.8) is 0 Å². The van der Waals surface area contributed by atoms with Crippen molar-refractivity contribution in [1.82, 2.24) is 4.57 Å². The maximum atomic E-state index is 10.8. The van der Waals surface area contributed by atoms with Gasteiger partial charge in [0.1, 0.15) is 5.52 Å². The van der Waals surface area contributed by atoms with Gasteiger partial charge in [0.25, 0.3) is 5.69 Å². The first-order chi connectivity index (χ1) is 6.59. The zero-order valence-corrected chi connectivity index (χ0v) is 8.02. The zero-order chi connectivity index (χ0) is 10.3. The van der Waals surface area contributed by atoms with Crippen LogP contribution >= 0.6 is 0 Å². The first-order valence-electron chi connectivity index (χ1n) is 4.29. The fourth-order valence-corrected chi connectivity index (χ4v) is 1.70. The van der Waals surface area contributed by atoms with Crippen LogP contribution in [-0.4, -0.2) is 9.49 Å². The lowest BCUT2D eigenvalue weighted by Crippen LogP contribution is -1.94. The van der Waals surface area contributed by atoms with Gasteiger partial charge in [0, 0.05) is 24.7 Å². The average molecular weight is 190 g/mol. The fourth-order valence-electron chi connectivity index (χ4n) is 1.70. The minimum absolute atomic E-state index is 0.174. The molecule has 0 saturated carbocycles. The van der Waals surface area contributed by atoms with Crippen LogP contribution in [0.4, 0.5) is 5.69 Å². The zero-order valence-electron chi connectivity index (χ0n) is 8.02. The monoisotopic (exact) mass is 190 g/mol. The number of benzene rings is 1. The van der Waals surface area contributed by atoms with Gasteiger partial charge in [-0.15, -0.1) is 0 Å². The predicted molar refractivity (Wildman–Crippen MR) is 54.3 cm³/mol. The number of fused-ring (bicyclic) bond motifs is 1. The van der Waals surface area contributed by atoms with Gasteiger partial charge in [-0.3, -0.25) is 10.1 Å². The highest BCUT2D eigenvalue weighted by Crippen LogP contribution is 2.27. The molecule has 0 radical (unpaired) electrons. The maximum Gasteiger partial charge on any atom is 0.293 e. The molecule has 0 atom stereocenters. The van der Waals surface area contributed by atoms with Crippen molar-refractivity contribution in [2.75, 3.05) is 0 Å². The van der Waals surface area contributed by atoms with E-state index in [1.165, 1.54) is 0 Å². The lowest BCUT2D eigenvalue weighted by Gasteiger charge is -1.99. The number of nitrogens with zero attached hydrogens (tertiary/aromatic N) is 2. The Morgan fingerprint density at radius 3 is 2.79 bits per heavy atom. The molecule has 0 aliphatic rings. The number of nitro groups is 1. The summed E-state index contributed by atoms with van der Waals surface area (Å²) in [6.45, 7) is 1.86. The van der Waals surface area contributed by atoms with Crippen molar-refractivity contribution < 1.29 is 4.92 Å². The third-order valence-electron chi connectivity index (χ3n) is 2.29. The van der Waals surface area contributed by atoms with E-state index in [0.717, 1.165) is 10.9 Å². The largest absolute Gasteiger partial charge is 0.345 e. The van der Waals surface area contributed by atoms with Crippen LogP contribution in [0.2, 0.25) is 0 Å². The van der Waals surface area contributed by atoms with Gasteiger partial charge < -0.3 is 4.57 Å². The molecule has 14 heavy (non-hydrogen) atoms. The van der Waals surface area contributed by atoms with Crippen molar-refractivity contribution in [3.05, 3.63) is 40.1 Å². The Bertz CT molecular complexity index is 514. The molecule has 0 bridgehead atoms. The molecule has 0 amide bonds. The second-order valence-corrected chi connectivity index (χ2v) is 3.41. The van der Waals surface area contributed by atoms with Crippen LogP contribution < -0.4 is 0 Å². The summed E-state index contributed by atoms with van der Waals surface area (Å²) in [5, 5.41) is 11.7. The van der Waals surface area contributed by atoms with E-state index >= 15 is 0 Å². The van der Waals surface area contributed by atoms with Crippen LogP contribution in [0.1, 0.15) is 5.56 Å².